The summed E-state index contributed by atoms with van der Waals surface area (Å²) >= 11 is 0. The van der Waals surface area contributed by atoms with E-state index in [-0.39, 0.29) is 0 Å². The van der Waals surface area contributed by atoms with Gasteiger partial charge in [-0.2, -0.15) is 0 Å². The molecule has 0 radical (unpaired) electrons. The van der Waals surface area contributed by atoms with Crippen molar-refractivity contribution in [3.05, 3.63) is 35.9 Å². The zero-order valence-electron chi connectivity index (χ0n) is 8.74. The maximum absolute atomic E-state index is 5.76. The van der Waals surface area contributed by atoms with Gasteiger partial charge in [-0.3, -0.25) is 4.99 Å². The molecule has 1 aromatic carbocycles. The molecule has 0 aliphatic carbocycles. The van der Waals surface area contributed by atoms with Crippen molar-refractivity contribution in [3.8, 4) is 0 Å². The lowest BCUT2D eigenvalue weighted by Crippen LogP contribution is -2.11. The molecule has 0 bridgehead atoms. The van der Waals surface area contributed by atoms with E-state index in [2.05, 4.69) is 24.0 Å². The van der Waals surface area contributed by atoms with Gasteiger partial charge in [0, 0.05) is 6.42 Å². The first-order valence-corrected chi connectivity index (χ1v) is 5.15. The van der Waals surface area contributed by atoms with Gasteiger partial charge in [-0.1, -0.05) is 43.7 Å². The van der Waals surface area contributed by atoms with Gasteiger partial charge in [0.05, 0.1) is 12.4 Å². The summed E-state index contributed by atoms with van der Waals surface area (Å²) in [4.78, 5) is 4.33. The molecule has 1 rings (SSSR count). The molecule has 0 aromatic heterocycles. The third kappa shape index (κ3) is 4.08. The second-order valence-electron chi connectivity index (χ2n) is 3.40. The highest BCUT2D eigenvalue weighted by Crippen LogP contribution is 2.01. The predicted octanol–water partition coefficient (Wildman–Crippen LogP) is 2.73. The average molecular weight is 190 g/mol. The highest BCUT2D eigenvalue weighted by Gasteiger charge is 1.92. The van der Waals surface area contributed by atoms with Crippen molar-refractivity contribution in [1.29, 1.82) is 0 Å². The molecule has 0 amide bonds. The SMILES string of the molecule is CCCCC(N)=NCc1ccccc1. The lowest BCUT2D eigenvalue weighted by atomic mass is 10.2. The van der Waals surface area contributed by atoms with E-state index in [1.807, 2.05) is 18.2 Å². The number of nitrogens with two attached hydrogens (primary N) is 1. The van der Waals surface area contributed by atoms with Crippen LogP contribution in [0.4, 0.5) is 0 Å². The van der Waals surface area contributed by atoms with E-state index in [0.717, 1.165) is 18.7 Å². The molecule has 0 heterocycles. The number of aliphatic imine (C=N–C) groups is 1. The molecule has 1 aromatic rings. The Labute approximate surface area is 85.9 Å². The number of hydrogen-bond acceptors (Lipinski definition) is 1. The number of benzene rings is 1. The van der Waals surface area contributed by atoms with Crippen LogP contribution in [0.15, 0.2) is 35.3 Å². The molecule has 14 heavy (non-hydrogen) atoms. The van der Waals surface area contributed by atoms with Crippen molar-refractivity contribution in [2.24, 2.45) is 10.7 Å². The van der Waals surface area contributed by atoms with Crippen molar-refractivity contribution in [2.45, 2.75) is 32.7 Å². The Bertz CT molecular complexity index is 278. The minimum atomic E-state index is 0.705. The summed E-state index contributed by atoms with van der Waals surface area (Å²) in [5, 5.41) is 0. The number of rotatable bonds is 5. The monoisotopic (exact) mass is 190 g/mol. The second kappa shape index (κ2) is 6.19. The highest BCUT2D eigenvalue weighted by atomic mass is 14.8. The Hall–Kier alpha value is -1.31. The standard InChI is InChI=1S/C12H18N2/c1-2-3-9-12(13)14-10-11-7-5-4-6-8-11/h4-8H,2-3,9-10H2,1H3,(H2,13,14). The van der Waals surface area contributed by atoms with Crippen molar-refractivity contribution >= 4 is 5.84 Å². The summed E-state index contributed by atoms with van der Waals surface area (Å²) in [5.74, 6) is 0.774. The normalized spacial score (nSPS) is 11.6. The maximum atomic E-state index is 5.76. The van der Waals surface area contributed by atoms with Crippen LogP contribution < -0.4 is 5.73 Å². The minimum Gasteiger partial charge on any atom is -0.387 e. The van der Waals surface area contributed by atoms with Crippen LogP contribution in [0.5, 0.6) is 0 Å². The van der Waals surface area contributed by atoms with E-state index in [0.29, 0.717) is 6.54 Å². The molecular weight excluding hydrogens is 172 g/mol. The Morgan fingerprint density at radius 1 is 1.29 bits per heavy atom. The molecule has 2 N–H and O–H groups in total. The van der Waals surface area contributed by atoms with Crippen molar-refractivity contribution in [3.63, 3.8) is 0 Å². The first kappa shape index (κ1) is 10.8. The minimum absolute atomic E-state index is 0.705. The maximum Gasteiger partial charge on any atom is 0.0941 e. The Balaban J connectivity index is 2.39. The first-order chi connectivity index (χ1) is 6.83. The molecule has 0 saturated carbocycles. The summed E-state index contributed by atoms with van der Waals surface area (Å²) in [7, 11) is 0. The molecule has 2 nitrogen and oxygen atoms in total. The Morgan fingerprint density at radius 2 is 2.00 bits per heavy atom. The summed E-state index contributed by atoms with van der Waals surface area (Å²) in [6.45, 7) is 2.86. The smallest absolute Gasteiger partial charge is 0.0941 e. The van der Waals surface area contributed by atoms with Crippen LogP contribution in [-0.2, 0) is 6.54 Å². The molecule has 0 unspecified atom stereocenters. The molecule has 76 valence electrons. The zero-order chi connectivity index (χ0) is 10.2. The lowest BCUT2D eigenvalue weighted by Gasteiger charge is -1.99. The summed E-state index contributed by atoms with van der Waals surface area (Å²) in [6.07, 6.45) is 3.22. The number of amidine groups is 1. The van der Waals surface area contributed by atoms with Crippen LogP contribution >= 0.6 is 0 Å². The summed E-state index contributed by atoms with van der Waals surface area (Å²) in [5.41, 5.74) is 6.97. The molecule has 2 heteroatoms. The fraction of sp³-hybridized carbons (Fsp3) is 0.417. The first-order valence-electron chi connectivity index (χ1n) is 5.15. The molecular formula is C12H18N2. The van der Waals surface area contributed by atoms with E-state index < -0.39 is 0 Å². The van der Waals surface area contributed by atoms with Gasteiger partial charge in [0.2, 0.25) is 0 Å². The van der Waals surface area contributed by atoms with Crippen molar-refractivity contribution in [2.75, 3.05) is 0 Å². The quantitative estimate of drug-likeness (QED) is 0.562. The third-order valence-electron chi connectivity index (χ3n) is 2.09. The second-order valence-corrected chi connectivity index (χ2v) is 3.40. The number of hydrogen-bond donors (Lipinski definition) is 1. The topological polar surface area (TPSA) is 38.4 Å². The van der Waals surface area contributed by atoms with Crippen LogP contribution in [0, 0.1) is 0 Å². The Kier molecular flexibility index (Phi) is 4.76. The Morgan fingerprint density at radius 3 is 2.64 bits per heavy atom. The third-order valence-corrected chi connectivity index (χ3v) is 2.09. The fourth-order valence-electron chi connectivity index (χ4n) is 1.21. The van der Waals surface area contributed by atoms with Crippen molar-refractivity contribution < 1.29 is 0 Å². The number of unbranched alkanes of at least 4 members (excludes halogenated alkanes) is 1. The molecule has 0 fully saturated rings. The van der Waals surface area contributed by atoms with Gasteiger partial charge in [0.1, 0.15) is 0 Å². The van der Waals surface area contributed by atoms with Gasteiger partial charge >= 0.3 is 0 Å². The molecule has 0 aliphatic heterocycles. The fourth-order valence-corrected chi connectivity index (χ4v) is 1.21. The molecule has 0 spiro atoms. The van der Waals surface area contributed by atoms with Crippen LogP contribution in [0.3, 0.4) is 0 Å². The van der Waals surface area contributed by atoms with Crippen LogP contribution in [0.2, 0.25) is 0 Å². The van der Waals surface area contributed by atoms with E-state index >= 15 is 0 Å². The van der Waals surface area contributed by atoms with E-state index in [1.165, 1.54) is 12.0 Å². The van der Waals surface area contributed by atoms with Crippen LogP contribution in [0.25, 0.3) is 0 Å². The molecule has 0 atom stereocenters. The van der Waals surface area contributed by atoms with E-state index in [1.54, 1.807) is 0 Å². The van der Waals surface area contributed by atoms with Crippen LogP contribution in [0.1, 0.15) is 31.7 Å². The largest absolute Gasteiger partial charge is 0.387 e. The summed E-state index contributed by atoms with van der Waals surface area (Å²) < 4.78 is 0. The highest BCUT2D eigenvalue weighted by molar-refractivity contribution is 5.80. The van der Waals surface area contributed by atoms with Crippen LogP contribution in [-0.4, -0.2) is 5.84 Å². The summed E-state index contributed by atoms with van der Waals surface area (Å²) in [6, 6.07) is 10.2. The molecule has 0 saturated heterocycles. The average Bonchev–Trinajstić information content (AvgIpc) is 2.25. The van der Waals surface area contributed by atoms with Gasteiger partial charge in [0.15, 0.2) is 0 Å². The van der Waals surface area contributed by atoms with Gasteiger partial charge < -0.3 is 5.73 Å². The van der Waals surface area contributed by atoms with Crippen molar-refractivity contribution in [1.82, 2.24) is 0 Å². The van der Waals surface area contributed by atoms with Gasteiger partial charge in [-0.05, 0) is 12.0 Å². The zero-order valence-corrected chi connectivity index (χ0v) is 8.74. The number of nitrogens with zero attached hydrogens (tertiary/aromatic N) is 1. The van der Waals surface area contributed by atoms with Gasteiger partial charge in [0.25, 0.3) is 0 Å². The van der Waals surface area contributed by atoms with E-state index in [4.69, 9.17) is 5.73 Å². The molecule has 0 aliphatic rings. The van der Waals surface area contributed by atoms with Gasteiger partial charge in [-0.15, -0.1) is 0 Å². The predicted molar refractivity (Wildman–Crippen MR) is 61.3 cm³/mol. The van der Waals surface area contributed by atoms with E-state index in [9.17, 15) is 0 Å². The van der Waals surface area contributed by atoms with Gasteiger partial charge in [-0.25, -0.2) is 0 Å². The lowest BCUT2D eigenvalue weighted by molar-refractivity contribution is 0.825.